The van der Waals surface area contributed by atoms with E-state index in [2.05, 4.69) is 43.1 Å². The summed E-state index contributed by atoms with van der Waals surface area (Å²) in [4.78, 5) is 20.4. The standard InChI is InChI=1S/C7H16S.C6H10N2O3/c1-3-7(2)5-4-6-8;1-2-5(9)11-4-3-8-6(7)10/h7-8H,3-6H2,1-2H3;2H,1,3-4H2,(H3,7,8,10). The molecule has 0 heterocycles. The molecule has 6 heteroatoms. The molecule has 0 bridgehead atoms. The van der Waals surface area contributed by atoms with E-state index in [0.717, 1.165) is 17.7 Å². The molecule has 0 saturated carbocycles. The summed E-state index contributed by atoms with van der Waals surface area (Å²) in [6.45, 7) is 8.04. The first-order valence-corrected chi connectivity index (χ1v) is 7.04. The van der Waals surface area contributed by atoms with Gasteiger partial charge in [-0.2, -0.15) is 12.6 Å². The SMILES string of the molecule is C=CC(=O)OCCNC(N)=O.CCC(C)CCCS. The number of esters is 1. The second-order valence-electron chi connectivity index (χ2n) is 4.04. The van der Waals surface area contributed by atoms with Crippen molar-refractivity contribution in [1.29, 1.82) is 0 Å². The molecule has 19 heavy (non-hydrogen) atoms. The van der Waals surface area contributed by atoms with Gasteiger partial charge in [-0.1, -0.05) is 26.8 Å². The quantitative estimate of drug-likeness (QED) is 0.277. The van der Waals surface area contributed by atoms with E-state index < -0.39 is 12.0 Å². The Morgan fingerprint density at radius 2 is 2.16 bits per heavy atom. The topological polar surface area (TPSA) is 81.4 Å². The van der Waals surface area contributed by atoms with Crippen LogP contribution in [0.4, 0.5) is 4.79 Å². The van der Waals surface area contributed by atoms with E-state index in [9.17, 15) is 9.59 Å². The van der Waals surface area contributed by atoms with Gasteiger partial charge >= 0.3 is 12.0 Å². The first kappa shape index (κ1) is 20.2. The van der Waals surface area contributed by atoms with E-state index in [1.165, 1.54) is 19.3 Å². The number of carbonyl (C=O) groups is 2. The van der Waals surface area contributed by atoms with E-state index in [1.54, 1.807) is 0 Å². The summed E-state index contributed by atoms with van der Waals surface area (Å²) >= 11 is 4.13. The zero-order chi connectivity index (χ0) is 15.1. The monoisotopic (exact) mass is 290 g/mol. The number of primary amides is 1. The Kier molecular flexibility index (Phi) is 15.8. The van der Waals surface area contributed by atoms with Gasteiger partial charge in [-0.15, -0.1) is 0 Å². The lowest BCUT2D eigenvalue weighted by Gasteiger charge is -2.04. The van der Waals surface area contributed by atoms with Crippen molar-refractivity contribution in [3.05, 3.63) is 12.7 Å². The number of amides is 2. The third-order valence-corrected chi connectivity index (χ3v) is 2.68. The molecule has 0 fully saturated rings. The van der Waals surface area contributed by atoms with Crippen LogP contribution in [-0.4, -0.2) is 30.9 Å². The summed E-state index contributed by atoms with van der Waals surface area (Å²) in [5.41, 5.74) is 4.73. The van der Waals surface area contributed by atoms with Gasteiger partial charge in [-0.05, 0) is 24.5 Å². The maximum atomic E-state index is 10.4. The maximum absolute atomic E-state index is 10.4. The number of ether oxygens (including phenoxy) is 1. The third kappa shape index (κ3) is 19.4. The van der Waals surface area contributed by atoms with Gasteiger partial charge in [-0.25, -0.2) is 9.59 Å². The number of urea groups is 1. The first-order chi connectivity index (χ1) is 8.97. The number of carbonyl (C=O) groups excluding carboxylic acids is 2. The minimum Gasteiger partial charge on any atom is -0.461 e. The zero-order valence-electron chi connectivity index (χ0n) is 11.9. The molecule has 0 rings (SSSR count). The summed E-state index contributed by atoms with van der Waals surface area (Å²) in [6, 6.07) is -0.639. The van der Waals surface area contributed by atoms with E-state index in [4.69, 9.17) is 5.73 Å². The Morgan fingerprint density at radius 1 is 1.53 bits per heavy atom. The zero-order valence-corrected chi connectivity index (χ0v) is 12.7. The molecule has 112 valence electrons. The fourth-order valence-electron chi connectivity index (χ4n) is 1.03. The molecule has 0 spiro atoms. The minimum absolute atomic E-state index is 0.105. The molecule has 1 unspecified atom stereocenters. The summed E-state index contributed by atoms with van der Waals surface area (Å²) in [5.74, 6) is 1.43. The molecule has 0 aromatic heterocycles. The Hall–Kier alpha value is -1.17. The number of nitrogens with two attached hydrogens (primary N) is 1. The molecule has 5 nitrogen and oxygen atoms in total. The highest BCUT2D eigenvalue weighted by atomic mass is 32.1. The Labute approximate surface area is 121 Å². The lowest BCUT2D eigenvalue weighted by atomic mass is 10.0. The highest BCUT2D eigenvalue weighted by Crippen LogP contribution is 2.08. The van der Waals surface area contributed by atoms with Crippen LogP contribution in [0.25, 0.3) is 0 Å². The van der Waals surface area contributed by atoms with Crippen LogP contribution in [-0.2, 0) is 9.53 Å². The average Bonchev–Trinajstić information content (AvgIpc) is 2.41. The molecule has 3 N–H and O–H groups in total. The molecule has 0 aliphatic heterocycles. The van der Waals surface area contributed by atoms with Crippen LogP contribution in [0.1, 0.15) is 33.1 Å². The van der Waals surface area contributed by atoms with Crippen LogP contribution in [0.2, 0.25) is 0 Å². The maximum Gasteiger partial charge on any atom is 0.330 e. The summed E-state index contributed by atoms with van der Waals surface area (Å²) in [5, 5.41) is 2.25. The number of nitrogens with one attached hydrogen (secondary N) is 1. The Bertz CT molecular complexity index is 260. The van der Waals surface area contributed by atoms with Crippen LogP contribution in [0, 0.1) is 5.92 Å². The van der Waals surface area contributed by atoms with Gasteiger partial charge in [-0.3, -0.25) is 0 Å². The van der Waals surface area contributed by atoms with Gasteiger partial charge in [0.2, 0.25) is 0 Å². The number of rotatable bonds is 8. The number of hydrogen-bond donors (Lipinski definition) is 3. The molecular formula is C13H26N2O3S. The van der Waals surface area contributed by atoms with Crippen molar-refractivity contribution >= 4 is 24.6 Å². The van der Waals surface area contributed by atoms with Gasteiger partial charge in [0, 0.05) is 6.08 Å². The molecule has 0 aromatic rings. The summed E-state index contributed by atoms with van der Waals surface area (Å²) in [7, 11) is 0. The van der Waals surface area contributed by atoms with Crippen molar-refractivity contribution in [3.8, 4) is 0 Å². The predicted octanol–water partition coefficient (Wildman–Crippen LogP) is 2.13. The lowest BCUT2D eigenvalue weighted by Crippen LogP contribution is -2.32. The Balaban J connectivity index is 0. The molecule has 1 atom stereocenters. The van der Waals surface area contributed by atoms with E-state index in [1.807, 2.05) is 0 Å². The smallest absolute Gasteiger partial charge is 0.330 e. The predicted molar refractivity (Wildman–Crippen MR) is 81.3 cm³/mol. The van der Waals surface area contributed by atoms with Crippen molar-refractivity contribution in [2.75, 3.05) is 18.9 Å². The van der Waals surface area contributed by atoms with E-state index >= 15 is 0 Å². The molecule has 0 radical (unpaired) electrons. The van der Waals surface area contributed by atoms with Gasteiger partial charge in [0.05, 0.1) is 6.54 Å². The Morgan fingerprint density at radius 3 is 2.58 bits per heavy atom. The molecule has 0 aliphatic carbocycles. The first-order valence-electron chi connectivity index (χ1n) is 6.41. The lowest BCUT2D eigenvalue weighted by molar-refractivity contribution is -0.137. The largest absolute Gasteiger partial charge is 0.461 e. The van der Waals surface area contributed by atoms with E-state index in [0.29, 0.717) is 0 Å². The summed E-state index contributed by atoms with van der Waals surface area (Å²) in [6.07, 6.45) is 4.98. The summed E-state index contributed by atoms with van der Waals surface area (Å²) < 4.78 is 4.51. The minimum atomic E-state index is -0.639. The molecular weight excluding hydrogens is 264 g/mol. The van der Waals surface area contributed by atoms with Crippen molar-refractivity contribution in [2.45, 2.75) is 33.1 Å². The van der Waals surface area contributed by atoms with Crippen molar-refractivity contribution in [3.63, 3.8) is 0 Å². The number of thiol groups is 1. The molecule has 0 saturated heterocycles. The van der Waals surface area contributed by atoms with Crippen LogP contribution >= 0.6 is 12.6 Å². The second-order valence-corrected chi connectivity index (χ2v) is 4.49. The van der Waals surface area contributed by atoms with Gasteiger partial charge in [0.15, 0.2) is 0 Å². The fraction of sp³-hybridized carbons (Fsp3) is 0.692. The highest BCUT2D eigenvalue weighted by Gasteiger charge is 1.95. The van der Waals surface area contributed by atoms with Crippen LogP contribution in [0.3, 0.4) is 0 Å². The third-order valence-electron chi connectivity index (χ3n) is 2.36. The second kappa shape index (κ2) is 14.9. The van der Waals surface area contributed by atoms with Crippen molar-refractivity contribution in [2.24, 2.45) is 11.7 Å². The van der Waals surface area contributed by atoms with Crippen LogP contribution < -0.4 is 11.1 Å². The molecule has 0 aromatic carbocycles. The van der Waals surface area contributed by atoms with E-state index in [-0.39, 0.29) is 13.2 Å². The number of hydrogen-bond acceptors (Lipinski definition) is 4. The molecule has 2 amide bonds. The van der Waals surface area contributed by atoms with Gasteiger partial charge in [0.25, 0.3) is 0 Å². The van der Waals surface area contributed by atoms with Crippen LogP contribution in [0.15, 0.2) is 12.7 Å². The average molecular weight is 290 g/mol. The fourth-order valence-corrected chi connectivity index (χ4v) is 1.21. The van der Waals surface area contributed by atoms with Crippen molar-refractivity contribution in [1.82, 2.24) is 5.32 Å². The van der Waals surface area contributed by atoms with Crippen LogP contribution in [0.5, 0.6) is 0 Å². The molecule has 0 aliphatic rings. The van der Waals surface area contributed by atoms with Gasteiger partial charge in [0.1, 0.15) is 6.61 Å². The van der Waals surface area contributed by atoms with Gasteiger partial charge < -0.3 is 15.8 Å². The highest BCUT2D eigenvalue weighted by molar-refractivity contribution is 7.80. The van der Waals surface area contributed by atoms with Crippen molar-refractivity contribution < 1.29 is 14.3 Å². The normalized spacial score (nSPS) is 10.7.